The Balaban J connectivity index is 2.41. The van der Waals surface area contributed by atoms with Gasteiger partial charge >= 0.3 is 5.97 Å². The smallest absolute Gasteiger partial charge is 0.309 e. The summed E-state index contributed by atoms with van der Waals surface area (Å²) in [4.78, 5) is 10.9. The van der Waals surface area contributed by atoms with Gasteiger partial charge in [-0.3, -0.25) is 10.1 Å². The van der Waals surface area contributed by atoms with E-state index in [0.29, 0.717) is 6.61 Å². The summed E-state index contributed by atoms with van der Waals surface area (Å²) in [7, 11) is 1.38. The van der Waals surface area contributed by atoms with Gasteiger partial charge in [0.2, 0.25) is 0 Å². The van der Waals surface area contributed by atoms with Crippen molar-refractivity contribution >= 4 is 5.97 Å². The van der Waals surface area contributed by atoms with Crippen molar-refractivity contribution in [3.8, 4) is 0 Å². The maximum Gasteiger partial charge on any atom is 0.309 e. The summed E-state index contributed by atoms with van der Waals surface area (Å²) in [5.41, 5.74) is -0.522. The van der Waals surface area contributed by atoms with Crippen LogP contribution in [0.15, 0.2) is 0 Å². The van der Waals surface area contributed by atoms with Crippen LogP contribution in [0.5, 0.6) is 0 Å². The molecule has 1 unspecified atom stereocenters. The molecule has 4 heteroatoms. The third-order valence-corrected chi connectivity index (χ3v) is 1.95. The molecule has 0 radical (unpaired) electrons. The van der Waals surface area contributed by atoms with Crippen molar-refractivity contribution in [3.63, 3.8) is 0 Å². The highest BCUT2D eigenvalue weighted by molar-refractivity contribution is 5.70. The molecule has 0 aromatic rings. The molecule has 0 aromatic heterocycles. The molecule has 1 saturated heterocycles. The number of esters is 1. The van der Waals surface area contributed by atoms with Crippen LogP contribution in [0.3, 0.4) is 0 Å². The molecule has 1 aliphatic rings. The van der Waals surface area contributed by atoms with Gasteiger partial charge in [0.05, 0.1) is 20.1 Å². The van der Waals surface area contributed by atoms with Crippen molar-refractivity contribution in [3.05, 3.63) is 0 Å². The molecule has 0 spiro atoms. The largest absolute Gasteiger partial charge is 0.469 e. The second-order valence-electron chi connectivity index (χ2n) is 3.11. The lowest BCUT2D eigenvalue weighted by Crippen LogP contribution is -2.50. The molecule has 0 amide bonds. The highest BCUT2D eigenvalue weighted by atomic mass is 16.5. The van der Waals surface area contributed by atoms with E-state index in [1.807, 2.05) is 6.92 Å². The molecule has 0 aromatic carbocycles. The van der Waals surface area contributed by atoms with Crippen LogP contribution in [-0.2, 0) is 14.3 Å². The van der Waals surface area contributed by atoms with Gasteiger partial charge in [-0.25, -0.2) is 0 Å². The molecule has 4 nitrogen and oxygen atoms in total. The van der Waals surface area contributed by atoms with Gasteiger partial charge in [0.15, 0.2) is 0 Å². The van der Waals surface area contributed by atoms with Crippen LogP contribution < -0.4 is 5.32 Å². The van der Waals surface area contributed by atoms with Crippen molar-refractivity contribution in [2.24, 2.45) is 0 Å². The zero-order valence-corrected chi connectivity index (χ0v) is 7.55. The number of carbonyl (C=O) groups excluding carboxylic acids is 1. The minimum atomic E-state index is -0.522. The standard InChI is InChI=1S/C8H15NO3/c1-8(6-7(10)11-2)9-4-3-5-12-8/h9H,3-6H2,1-2H3. The average Bonchev–Trinajstić information content (AvgIpc) is 2.05. The summed E-state index contributed by atoms with van der Waals surface area (Å²) >= 11 is 0. The van der Waals surface area contributed by atoms with Gasteiger partial charge in [-0.1, -0.05) is 0 Å². The fourth-order valence-electron chi connectivity index (χ4n) is 1.23. The Kier molecular flexibility index (Phi) is 3.05. The second-order valence-corrected chi connectivity index (χ2v) is 3.11. The van der Waals surface area contributed by atoms with Crippen LogP contribution in [0.25, 0.3) is 0 Å². The Bertz CT molecular complexity index is 164. The molecular formula is C8H15NO3. The first-order valence-electron chi connectivity index (χ1n) is 4.12. The minimum Gasteiger partial charge on any atom is -0.469 e. The molecular weight excluding hydrogens is 158 g/mol. The first-order chi connectivity index (χ1) is 5.66. The number of ether oxygens (including phenoxy) is 2. The predicted molar refractivity (Wildman–Crippen MR) is 43.6 cm³/mol. The maximum absolute atomic E-state index is 10.9. The predicted octanol–water partition coefficient (Wildman–Crippen LogP) is 0.276. The Morgan fingerprint density at radius 2 is 2.50 bits per heavy atom. The van der Waals surface area contributed by atoms with Gasteiger partial charge in [0, 0.05) is 0 Å². The monoisotopic (exact) mass is 173 g/mol. The van der Waals surface area contributed by atoms with Crippen molar-refractivity contribution in [2.45, 2.75) is 25.5 Å². The van der Waals surface area contributed by atoms with E-state index >= 15 is 0 Å². The van der Waals surface area contributed by atoms with Gasteiger partial charge in [0.25, 0.3) is 0 Å². The highest BCUT2D eigenvalue weighted by Crippen LogP contribution is 2.16. The van der Waals surface area contributed by atoms with E-state index in [4.69, 9.17) is 4.74 Å². The summed E-state index contributed by atoms with van der Waals surface area (Å²) in [6.07, 6.45) is 1.26. The average molecular weight is 173 g/mol. The quantitative estimate of drug-likeness (QED) is 0.609. The van der Waals surface area contributed by atoms with Crippen LogP contribution >= 0.6 is 0 Å². The fourth-order valence-corrected chi connectivity index (χ4v) is 1.23. The van der Waals surface area contributed by atoms with E-state index in [1.165, 1.54) is 7.11 Å². The van der Waals surface area contributed by atoms with Crippen molar-refractivity contribution in [1.29, 1.82) is 0 Å². The van der Waals surface area contributed by atoms with Gasteiger partial charge in [0.1, 0.15) is 5.72 Å². The third-order valence-electron chi connectivity index (χ3n) is 1.95. The third kappa shape index (κ3) is 2.46. The Morgan fingerprint density at radius 3 is 3.00 bits per heavy atom. The topological polar surface area (TPSA) is 47.6 Å². The molecule has 1 atom stereocenters. The molecule has 0 bridgehead atoms. The van der Waals surface area contributed by atoms with Crippen LogP contribution in [0.1, 0.15) is 19.8 Å². The summed E-state index contributed by atoms with van der Waals surface area (Å²) in [6, 6.07) is 0. The molecule has 1 fully saturated rings. The van der Waals surface area contributed by atoms with Crippen LogP contribution in [-0.4, -0.2) is 32.0 Å². The summed E-state index contributed by atoms with van der Waals surface area (Å²) in [6.45, 7) is 3.47. The normalized spacial score (nSPS) is 29.8. The van der Waals surface area contributed by atoms with Crippen LogP contribution in [0.4, 0.5) is 0 Å². The Morgan fingerprint density at radius 1 is 1.75 bits per heavy atom. The number of nitrogens with one attached hydrogen (secondary N) is 1. The first-order valence-corrected chi connectivity index (χ1v) is 4.12. The number of carbonyl (C=O) groups is 1. The molecule has 70 valence electrons. The van der Waals surface area contributed by atoms with E-state index in [1.54, 1.807) is 0 Å². The Labute approximate surface area is 72.2 Å². The molecule has 0 saturated carbocycles. The van der Waals surface area contributed by atoms with Gasteiger partial charge in [-0.05, 0) is 19.9 Å². The number of hydrogen-bond acceptors (Lipinski definition) is 4. The SMILES string of the molecule is COC(=O)CC1(C)NCCCO1. The maximum atomic E-state index is 10.9. The molecule has 1 aliphatic heterocycles. The lowest BCUT2D eigenvalue weighted by Gasteiger charge is -2.33. The lowest BCUT2D eigenvalue weighted by molar-refractivity contribution is -0.153. The highest BCUT2D eigenvalue weighted by Gasteiger charge is 2.30. The summed E-state index contributed by atoms with van der Waals surface area (Å²) < 4.78 is 9.99. The van der Waals surface area contributed by atoms with Crippen LogP contribution in [0.2, 0.25) is 0 Å². The van der Waals surface area contributed by atoms with E-state index < -0.39 is 5.72 Å². The van der Waals surface area contributed by atoms with Crippen molar-refractivity contribution < 1.29 is 14.3 Å². The zero-order chi connectivity index (χ0) is 9.03. The zero-order valence-electron chi connectivity index (χ0n) is 7.55. The number of methoxy groups -OCH3 is 1. The van der Waals surface area contributed by atoms with E-state index in [2.05, 4.69) is 10.1 Å². The molecule has 12 heavy (non-hydrogen) atoms. The van der Waals surface area contributed by atoms with Crippen molar-refractivity contribution in [2.75, 3.05) is 20.3 Å². The van der Waals surface area contributed by atoms with E-state index in [-0.39, 0.29) is 12.4 Å². The molecule has 1 N–H and O–H groups in total. The summed E-state index contributed by atoms with van der Waals surface area (Å²) in [5, 5.41) is 3.14. The van der Waals surface area contributed by atoms with Crippen LogP contribution in [0, 0.1) is 0 Å². The van der Waals surface area contributed by atoms with E-state index in [0.717, 1.165) is 13.0 Å². The fraction of sp³-hybridized carbons (Fsp3) is 0.875. The minimum absolute atomic E-state index is 0.244. The van der Waals surface area contributed by atoms with Crippen molar-refractivity contribution in [1.82, 2.24) is 5.32 Å². The number of rotatable bonds is 2. The van der Waals surface area contributed by atoms with Gasteiger partial charge in [-0.15, -0.1) is 0 Å². The first kappa shape index (κ1) is 9.48. The lowest BCUT2D eigenvalue weighted by atomic mass is 10.1. The molecule has 1 heterocycles. The van der Waals surface area contributed by atoms with E-state index in [9.17, 15) is 4.79 Å². The number of hydrogen-bond donors (Lipinski definition) is 1. The molecule has 0 aliphatic carbocycles. The summed E-state index contributed by atoms with van der Waals surface area (Å²) in [5.74, 6) is -0.244. The van der Waals surface area contributed by atoms with Gasteiger partial charge < -0.3 is 9.47 Å². The molecule has 1 rings (SSSR count). The van der Waals surface area contributed by atoms with Gasteiger partial charge in [-0.2, -0.15) is 0 Å². The Hall–Kier alpha value is -0.610. The second kappa shape index (κ2) is 3.87.